The number of hydroxylamine groups is 1. The summed E-state index contributed by atoms with van der Waals surface area (Å²) in [6.07, 6.45) is -0.303. The third kappa shape index (κ3) is 6.14. The summed E-state index contributed by atoms with van der Waals surface area (Å²) in [7, 11) is 0. The van der Waals surface area contributed by atoms with Crippen molar-refractivity contribution in [1.82, 2.24) is 5.48 Å². The van der Waals surface area contributed by atoms with Crippen molar-refractivity contribution in [2.24, 2.45) is 0 Å². The summed E-state index contributed by atoms with van der Waals surface area (Å²) in [5.41, 5.74) is 5.93. The molecule has 2 atom stereocenters. The van der Waals surface area contributed by atoms with Crippen LogP contribution in [0.5, 0.6) is 0 Å². The number of rotatable bonds is 11. The maximum absolute atomic E-state index is 7.16. The van der Waals surface area contributed by atoms with Crippen LogP contribution in [0.2, 0.25) is 0 Å². The van der Waals surface area contributed by atoms with Gasteiger partial charge in [0.2, 0.25) is 0 Å². The molecule has 0 spiro atoms. The number of hydrogen-bond donors (Lipinski definition) is 1. The SMILES string of the molecule is CC1(C)OC[C@@H]([C@@](C)(COC(c2ccccc2)(c2ccccc2)c2ccccc2)NOCc2ccccc2)O1. The van der Waals surface area contributed by atoms with Crippen LogP contribution in [-0.2, 0) is 31.3 Å². The van der Waals surface area contributed by atoms with Crippen LogP contribution >= 0.6 is 0 Å². The molecule has 39 heavy (non-hydrogen) atoms. The third-order valence-corrected chi connectivity index (χ3v) is 7.24. The Balaban J connectivity index is 1.51. The van der Waals surface area contributed by atoms with Crippen LogP contribution < -0.4 is 5.48 Å². The van der Waals surface area contributed by atoms with Gasteiger partial charge < -0.3 is 14.2 Å². The van der Waals surface area contributed by atoms with Gasteiger partial charge in [-0.05, 0) is 43.0 Å². The van der Waals surface area contributed by atoms with Crippen molar-refractivity contribution in [3.63, 3.8) is 0 Å². The van der Waals surface area contributed by atoms with E-state index in [1.807, 2.05) is 62.4 Å². The van der Waals surface area contributed by atoms with Crippen LogP contribution in [0.3, 0.4) is 0 Å². The summed E-state index contributed by atoms with van der Waals surface area (Å²) in [5.74, 6) is -0.692. The molecule has 0 unspecified atom stereocenters. The lowest BCUT2D eigenvalue weighted by molar-refractivity contribution is -0.173. The Morgan fingerprint density at radius 2 is 1.21 bits per heavy atom. The number of nitrogens with one attached hydrogen (secondary N) is 1. The zero-order chi connectivity index (χ0) is 27.2. The van der Waals surface area contributed by atoms with Gasteiger partial charge in [0, 0.05) is 0 Å². The molecule has 1 saturated heterocycles. The van der Waals surface area contributed by atoms with Crippen LogP contribution in [0.25, 0.3) is 0 Å². The average molecular weight is 524 g/mol. The van der Waals surface area contributed by atoms with Crippen molar-refractivity contribution in [3.05, 3.63) is 144 Å². The molecule has 4 aromatic carbocycles. The van der Waals surface area contributed by atoms with E-state index in [-0.39, 0.29) is 12.7 Å². The molecule has 4 aromatic rings. The van der Waals surface area contributed by atoms with E-state index in [0.717, 1.165) is 22.3 Å². The minimum absolute atomic E-state index is 0.282. The lowest BCUT2D eigenvalue weighted by Crippen LogP contribution is -2.58. The van der Waals surface area contributed by atoms with Crippen LogP contribution in [0.1, 0.15) is 43.0 Å². The highest BCUT2D eigenvalue weighted by atomic mass is 16.7. The zero-order valence-electron chi connectivity index (χ0n) is 22.9. The molecule has 1 aliphatic rings. The molecule has 5 nitrogen and oxygen atoms in total. The minimum atomic E-state index is -0.860. The Morgan fingerprint density at radius 1 is 0.744 bits per heavy atom. The van der Waals surface area contributed by atoms with E-state index < -0.39 is 16.9 Å². The largest absolute Gasteiger partial charge is 0.359 e. The fraction of sp³-hybridized carbons (Fsp3) is 0.294. The average Bonchev–Trinajstić information content (AvgIpc) is 3.36. The van der Waals surface area contributed by atoms with Crippen molar-refractivity contribution in [2.75, 3.05) is 13.2 Å². The van der Waals surface area contributed by atoms with E-state index >= 15 is 0 Å². The summed E-state index contributed by atoms with van der Waals surface area (Å²) < 4.78 is 19.5. The second-order valence-electron chi connectivity index (χ2n) is 10.7. The normalized spacial score (nSPS) is 18.5. The van der Waals surface area contributed by atoms with Crippen molar-refractivity contribution < 1.29 is 19.0 Å². The second-order valence-corrected chi connectivity index (χ2v) is 10.7. The van der Waals surface area contributed by atoms with Crippen molar-refractivity contribution in [3.8, 4) is 0 Å². The predicted octanol–water partition coefficient (Wildman–Crippen LogP) is 6.63. The van der Waals surface area contributed by atoms with Gasteiger partial charge in [0.05, 0.1) is 25.4 Å². The van der Waals surface area contributed by atoms with Gasteiger partial charge in [0.25, 0.3) is 0 Å². The highest BCUT2D eigenvalue weighted by Gasteiger charge is 2.47. The first-order valence-electron chi connectivity index (χ1n) is 13.5. The third-order valence-electron chi connectivity index (χ3n) is 7.24. The summed E-state index contributed by atoms with van der Waals surface area (Å²) in [6, 6.07) is 41.2. The van der Waals surface area contributed by atoms with Gasteiger partial charge in [-0.25, -0.2) is 0 Å². The summed E-state index contributed by atoms with van der Waals surface area (Å²) >= 11 is 0. The molecular formula is C34H37NO4. The molecule has 0 amide bonds. The molecule has 1 N–H and O–H groups in total. The van der Waals surface area contributed by atoms with Crippen LogP contribution in [0.4, 0.5) is 0 Å². The van der Waals surface area contributed by atoms with Crippen molar-refractivity contribution in [1.29, 1.82) is 0 Å². The van der Waals surface area contributed by atoms with Gasteiger partial charge in [-0.2, -0.15) is 5.48 Å². The Kier molecular flexibility index (Phi) is 8.26. The standard InChI is InChI=1S/C34H37NO4/c1-32(2)36-25-31(39-32)33(3,35-38-24-27-16-8-4-9-17-27)26-37-34(28-18-10-5-11-19-28,29-20-12-6-13-21-29)30-22-14-7-15-23-30/h4-23,31,35H,24-26H2,1-3H3/t31-,33+/m0/s1. The summed E-state index contributed by atoms with van der Waals surface area (Å²) in [6.45, 7) is 7.05. The minimum Gasteiger partial charge on any atom is -0.359 e. The zero-order valence-corrected chi connectivity index (χ0v) is 22.9. The molecule has 0 bridgehead atoms. The van der Waals surface area contributed by atoms with Crippen LogP contribution in [0, 0.1) is 0 Å². The van der Waals surface area contributed by atoms with E-state index in [9.17, 15) is 0 Å². The maximum atomic E-state index is 7.16. The first-order valence-corrected chi connectivity index (χ1v) is 13.5. The molecule has 0 saturated carbocycles. The van der Waals surface area contributed by atoms with Crippen LogP contribution in [-0.4, -0.2) is 30.6 Å². The molecule has 0 aromatic heterocycles. The first kappa shape index (κ1) is 27.3. The summed E-state index contributed by atoms with van der Waals surface area (Å²) in [4.78, 5) is 6.08. The Hall–Kier alpha value is -3.32. The monoisotopic (exact) mass is 523 g/mol. The predicted molar refractivity (Wildman–Crippen MR) is 153 cm³/mol. The van der Waals surface area contributed by atoms with Crippen molar-refractivity contribution in [2.45, 2.75) is 50.4 Å². The highest BCUT2D eigenvalue weighted by Crippen LogP contribution is 2.42. The van der Waals surface area contributed by atoms with E-state index in [1.54, 1.807) is 0 Å². The molecule has 0 radical (unpaired) electrons. The molecule has 202 valence electrons. The molecule has 1 aliphatic heterocycles. The topological polar surface area (TPSA) is 49.0 Å². The van der Waals surface area contributed by atoms with Gasteiger partial charge in [0.1, 0.15) is 11.7 Å². The molecule has 1 fully saturated rings. The van der Waals surface area contributed by atoms with Gasteiger partial charge in [-0.1, -0.05) is 121 Å². The number of hydrogen-bond acceptors (Lipinski definition) is 5. The fourth-order valence-electron chi connectivity index (χ4n) is 5.07. The van der Waals surface area contributed by atoms with Gasteiger partial charge in [0.15, 0.2) is 5.79 Å². The van der Waals surface area contributed by atoms with Gasteiger partial charge >= 0.3 is 0 Å². The highest BCUT2D eigenvalue weighted by molar-refractivity contribution is 5.47. The molecule has 0 aliphatic carbocycles. The molecule has 1 heterocycles. The van der Waals surface area contributed by atoms with Crippen molar-refractivity contribution >= 4 is 0 Å². The quantitative estimate of drug-likeness (QED) is 0.177. The lowest BCUT2D eigenvalue weighted by atomic mass is 9.79. The Bertz CT molecular complexity index is 1200. The van der Waals surface area contributed by atoms with E-state index in [4.69, 9.17) is 19.0 Å². The lowest BCUT2D eigenvalue weighted by Gasteiger charge is -2.41. The maximum Gasteiger partial charge on any atom is 0.163 e. The smallest absolute Gasteiger partial charge is 0.163 e. The van der Waals surface area contributed by atoms with Gasteiger partial charge in [-0.3, -0.25) is 4.84 Å². The molecule has 5 rings (SSSR count). The summed E-state index contributed by atoms with van der Waals surface area (Å²) in [5, 5.41) is 0. The van der Waals surface area contributed by atoms with E-state index in [2.05, 4.69) is 85.2 Å². The number of benzene rings is 4. The van der Waals surface area contributed by atoms with Gasteiger partial charge in [-0.15, -0.1) is 0 Å². The first-order chi connectivity index (χ1) is 18.9. The Labute approximate surface area is 231 Å². The number of ether oxygens (including phenoxy) is 3. The second kappa shape index (κ2) is 11.8. The molecule has 5 heteroatoms. The van der Waals surface area contributed by atoms with E-state index in [0.29, 0.717) is 13.2 Å². The van der Waals surface area contributed by atoms with Crippen LogP contribution in [0.15, 0.2) is 121 Å². The Morgan fingerprint density at radius 3 is 1.64 bits per heavy atom. The fourth-order valence-corrected chi connectivity index (χ4v) is 5.07. The van der Waals surface area contributed by atoms with E-state index in [1.165, 1.54) is 0 Å². The molecular weight excluding hydrogens is 486 g/mol.